The fourth-order valence-corrected chi connectivity index (χ4v) is 2.53. The van der Waals surface area contributed by atoms with E-state index in [1.807, 2.05) is 20.8 Å². The smallest absolute Gasteiger partial charge is 0.246 e. The number of hydrogen-bond acceptors (Lipinski definition) is 5. The molecule has 0 radical (unpaired) electrons. The normalized spacial score (nSPS) is 27.7. The first-order valence-corrected chi connectivity index (χ1v) is 6.69. The Morgan fingerprint density at radius 1 is 1.65 bits per heavy atom. The van der Waals surface area contributed by atoms with Gasteiger partial charge in [-0.3, -0.25) is 4.79 Å². The van der Waals surface area contributed by atoms with Gasteiger partial charge in [0.15, 0.2) is 11.6 Å². The highest BCUT2D eigenvalue weighted by Crippen LogP contribution is 2.50. The number of ether oxygens (including phenoxy) is 1. The van der Waals surface area contributed by atoms with Gasteiger partial charge >= 0.3 is 0 Å². The standard InChI is InChI=1S/C14H21N3O3/c1-4-20-10-8-14(15,13(10,2)3)12(19)17-11-9(18)6-5-7-16-11/h5-7,10,18H,4,8,15H2,1-3H3,(H,16,17,19). The van der Waals surface area contributed by atoms with Gasteiger partial charge in [0.1, 0.15) is 5.54 Å². The third-order valence-corrected chi connectivity index (χ3v) is 4.25. The van der Waals surface area contributed by atoms with Crippen LogP contribution < -0.4 is 11.1 Å². The molecule has 1 aliphatic carbocycles. The summed E-state index contributed by atoms with van der Waals surface area (Å²) >= 11 is 0. The predicted molar refractivity (Wildman–Crippen MR) is 75.3 cm³/mol. The number of aromatic nitrogens is 1. The minimum absolute atomic E-state index is 0.0411. The minimum atomic E-state index is -1.03. The Morgan fingerprint density at radius 2 is 2.35 bits per heavy atom. The molecular formula is C14H21N3O3. The number of carbonyl (C=O) groups is 1. The maximum absolute atomic E-state index is 12.4. The van der Waals surface area contributed by atoms with Crippen LogP contribution in [0.4, 0.5) is 5.82 Å². The second kappa shape index (κ2) is 5.03. The number of nitrogens with two attached hydrogens (primary N) is 1. The van der Waals surface area contributed by atoms with E-state index < -0.39 is 11.0 Å². The van der Waals surface area contributed by atoms with Gasteiger partial charge in [0.2, 0.25) is 5.91 Å². The molecule has 0 saturated heterocycles. The number of carbonyl (C=O) groups excluding carboxylic acids is 1. The van der Waals surface area contributed by atoms with E-state index in [2.05, 4.69) is 10.3 Å². The minimum Gasteiger partial charge on any atom is -0.504 e. The van der Waals surface area contributed by atoms with Crippen molar-refractivity contribution in [3.63, 3.8) is 0 Å². The fourth-order valence-electron chi connectivity index (χ4n) is 2.53. The molecule has 1 fully saturated rings. The van der Waals surface area contributed by atoms with Crippen LogP contribution in [0.25, 0.3) is 0 Å². The van der Waals surface area contributed by atoms with Gasteiger partial charge in [-0.2, -0.15) is 0 Å². The number of anilines is 1. The van der Waals surface area contributed by atoms with Gasteiger partial charge in [0.05, 0.1) is 6.10 Å². The average molecular weight is 279 g/mol. The molecule has 1 heterocycles. The van der Waals surface area contributed by atoms with E-state index >= 15 is 0 Å². The van der Waals surface area contributed by atoms with E-state index in [9.17, 15) is 9.90 Å². The number of nitrogens with one attached hydrogen (secondary N) is 1. The van der Waals surface area contributed by atoms with Crippen LogP contribution in [0, 0.1) is 5.41 Å². The number of nitrogens with zero attached hydrogens (tertiary/aromatic N) is 1. The molecule has 1 aromatic rings. The highest BCUT2D eigenvalue weighted by atomic mass is 16.5. The Labute approximate surface area is 118 Å². The van der Waals surface area contributed by atoms with Crippen molar-refractivity contribution in [2.24, 2.45) is 11.1 Å². The van der Waals surface area contributed by atoms with Gasteiger partial charge in [-0.15, -0.1) is 0 Å². The molecule has 2 unspecified atom stereocenters. The van der Waals surface area contributed by atoms with Crippen molar-refractivity contribution < 1.29 is 14.6 Å². The lowest BCUT2D eigenvalue weighted by Crippen LogP contribution is -2.74. The second-order valence-corrected chi connectivity index (χ2v) is 5.67. The molecular weight excluding hydrogens is 258 g/mol. The highest BCUT2D eigenvalue weighted by Gasteiger charge is 2.62. The van der Waals surface area contributed by atoms with Gasteiger partial charge in [-0.05, 0) is 19.1 Å². The van der Waals surface area contributed by atoms with Crippen LogP contribution >= 0.6 is 0 Å². The summed E-state index contributed by atoms with van der Waals surface area (Å²) in [5.74, 6) is -0.312. The van der Waals surface area contributed by atoms with Crippen molar-refractivity contribution in [2.45, 2.75) is 38.8 Å². The fraction of sp³-hybridized carbons (Fsp3) is 0.571. The van der Waals surface area contributed by atoms with Gasteiger partial charge in [0.25, 0.3) is 0 Å². The van der Waals surface area contributed by atoms with Gasteiger partial charge in [0, 0.05) is 24.6 Å². The highest BCUT2D eigenvalue weighted by molar-refractivity contribution is 5.99. The molecule has 2 atom stereocenters. The first kappa shape index (κ1) is 14.7. The SMILES string of the molecule is CCOC1CC(N)(C(=O)Nc2ncccc2O)C1(C)C. The number of rotatable bonds is 4. The third kappa shape index (κ3) is 2.14. The molecule has 20 heavy (non-hydrogen) atoms. The summed E-state index contributed by atoms with van der Waals surface area (Å²) in [5, 5.41) is 12.2. The maximum Gasteiger partial charge on any atom is 0.246 e. The zero-order chi connectivity index (χ0) is 15.0. The molecule has 6 heteroatoms. The molecule has 2 rings (SSSR count). The first-order chi connectivity index (χ1) is 9.33. The number of pyridine rings is 1. The lowest BCUT2D eigenvalue weighted by atomic mass is 9.54. The number of hydrogen-bond donors (Lipinski definition) is 3. The van der Waals surface area contributed by atoms with Crippen LogP contribution in [0.2, 0.25) is 0 Å². The molecule has 0 spiro atoms. The Hall–Kier alpha value is -1.66. The third-order valence-electron chi connectivity index (χ3n) is 4.25. The average Bonchev–Trinajstić information content (AvgIpc) is 2.40. The summed E-state index contributed by atoms with van der Waals surface area (Å²) in [5.41, 5.74) is 4.74. The van der Waals surface area contributed by atoms with E-state index in [-0.39, 0.29) is 23.6 Å². The zero-order valence-corrected chi connectivity index (χ0v) is 12.0. The quantitative estimate of drug-likeness (QED) is 0.771. The zero-order valence-electron chi connectivity index (χ0n) is 12.0. The van der Waals surface area contributed by atoms with E-state index in [0.29, 0.717) is 13.0 Å². The molecule has 6 nitrogen and oxygen atoms in total. The molecule has 4 N–H and O–H groups in total. The summed E-state index contributed by atoms with van der Waals surface area (Å²) in [6, 6.07) is 3.04. The summed E-state index contributed by atoms with van der Waals surface area (Å²) in [7, 11) is 0. The molecule has 0 aliphatic heterocycles. The summed E-state index contributed by atoms with van der Waals surface area (Å²) in [6.45, 7) is 6.33. The van der Waals surface area contributed by atoms with Gasteiger partial charge in [-0.25, -0.2) is 4.98 Å². The Bertz CT molecular complexity index is 518. The summed E-state index contributed by atoms with van der Waals surface area (Å²) in [4.78, 5) is 16.3. The van der Waals surface area contributed by atoms with Gasteiger partial charge < -0.3 is 20.9 Å². The molecule has 1 saturated carbocycles. The van der Waals surface area contributed by atoms with E-state index in [1.165, 1.54) is 12.3 Å². The van der Waals surface area contributed by atoms with Crippen LogP contribution in [0.15, 0.2) is 18.3 Å². The van der Waals surface area contributed by atoms with Crippen LogP contribution in [-0.2, 0) is 9.53 Å². The topological polar surface area (TPSA) is 97.5 Å². The van der Waals surface area contributed by atoms with Crippen molar-refractivity contribution in [1.29, 1.82) is 0 Å². The van der Waals surface area contributed by atoms with Crippen molar-refractivity contribution >= 4 is 11.7 Å². The summed E-state index contributed by atoms with van der Waals surface area (Å²) < 4.78 is 5.59. The van der Waals surface area contributed by atoms with Crippen LogP contribution in [0.1, 0.15) is 27.2 Å². The van der Waals surface area contributed by atoms with Gasteiger partial charge in [-0.1, -0.05) is 13.8 Å². The molecule has 1 aromatic heterocycles. The predicted octanol–water partition coefficient (Wildman–Crippen LogP) is 1.26. The molecule has 110 valence electrons. The van der Waals surface area contributed by atoms with Crippen LogP contribution in [0.5, 0.6) is 5.75 Å². The van der Waals surface area contributed by atoms with Crippen molar-refractivity contribution in [2.75, 3.05) is 11.9 Å². The lowest BCUT2D eigenvalue weighted by Gasteiger charge is -2.57. The summed E-state index contributed by atoms with van der Waals surface area (Å²) in [6.07, 6.45) is 1.90. The Kier molecular flexibility index (Phi) is 3.71. The van der Waals surface area contributed by atoms with Crippen molar-refractivity contribution in [3.05, 3.63) is 18.3 Å². The number of aromatic hydroxyl groups is 1. The van der Waals surface area contributed by atoms with E-state index in [0.717, 1.165) is 0 Å². The second-order valence-electron chi connectivity index (χ2n) is 5.67. The number of amides is 1. The molecule has 0 aromatic carbocycles. The lowest BCUT2D eigenvalue weighted by molar-refractivity contribution is -0.166. The van der Waals surface area contributed by atoms with Crippen molar-refractivity contribution in [1.82, 2.24) is 4.98 Å². The Morgan fingerprint density at radius 3 is 2.90 bits per heavy atom. The van der Waals surface area contributed by atoms with E-state index in [1.54, 1.807) is 6.07 Å². The maximum atomic E-state index is 12.4. The molecule has 1 aliphatic rings. The largest absolute Gasteiger partial charge is 0.504 e. The van der Waals surface area contributed by atoms with E-state index in [4.69, 9.17) is 10.5 Å². The van der Waals surface area contributed by atoms with Crippen LogP contribution in [0.3, 0.4) is 0 Å². The first-order valence-electron chi connectivity index (χ1n) is 6.69. The Balaban J connectivity index is 2.12. The molecule has 1 amide bonds. The van der Waals surface area contributed by atoms with Crippen LogP contribution in [-0.4, -0.2) is 34.2 Å². The monoisotopic (exact) mass is 279 g/mol. The van der Waals surface area contributed by atoms with Crippen molar-refractivity contribution in [3.8, 4) is 5.75 Å². The molecule has 0 bridgehead atoms.